The number of nitrogens with one attached hydrogen (secondary N) is 1. The number of rotatable bonds is 7. The molecule has 0 radical (unpaired) electrons. The second kappa shape index (κ2) is 8.96. The second-order valence-electron chi connectivity index (χ2n) is 9.13. The quantitative estimate of drug-likeness (QED) is 0.366. The van der Waals surface area contributed by atoms with Crippen LogP contribution in [0.4, 0.5) is 8.78 Å². The predicted octanol–water partition coefficient (Wildman–Crippen LogP) is 4.96. The van der Waals surface area contributed by atoms with Crippen LogP contribution in [0.25, 0.3) is 11.0 Å². The molecule has 3 heterocycles. The van der Waals surface area contributed by atoms with E-state index in [9.17, 15) is 18.7 Å². The highest BCUT2D eigenvalue weighted by molar-refractivity contribution is 5.93. The molecule has 0 saturated heterocycles. The number of imidazole rings is 1. The first-order chi connectivity index (χ1) is 16.8. The SMILES string of the molecule is C=C(O/C(C(=O)N1CCc2[nH]cnc2C1c1oc2ccccc2c1C1CC1)=C(\C)C(F)F)C(C)O. The van der Waals surface area contributed by atoms with Crippen LogP contribution in [0.3, 0.4) is 0 Å². The molecule has 35 heavy (non-hydrogen) atoms. The fraction of sp³-hybridized carbons (Fsp3) is 0.385. The largest absolute Gasteiger partial charge is 0.458 e. The van der Waals surface area contributed by atoms with Gasteiger partial charge in [0.25, 0.3) is 12.3 Å². The lowest BCUT2D eigenvalue weighted by Gasteiger charge is -2.35. The number of nitrogens with zero attached hydrogens (tertiary/aromatic N) is 2. The number of alkyl halides is 2. The molecule has 2 aromatic heterocycles. The zero-order valence-corrected chi connectivity index (χ0v) is 19.6. The molecular formula is C26H27F2N3O4. The van der Waals surface area contributed by atoms with Crippen LogP contribution in [0.5, 0.6) is 0 Å². The van der Waals surface area contributed by atoms with E-state index in [1.54, 1.807) is 6.33 Å². The smallest absolute Gasteiger partial charge is 0.290 e. The van der Waals surface area contributed by atoms with Gasteiger partial charge < -0.3 is 24.1 Å². The van der Waals surface area contributed by atoms with Crippen molar-refractivity contribution >= 4 is 16.9 Å². The van der Waals surface area contributed by atoms with E-state index >= 15 is 0 Å². The standard InChI is InChI=1S/C26H27F2N3O4/c1-13(25(27)28)23(34-15(3)14(2)32)26(33)31-11-10-18-21(30-12-29-18)22(31)24-20(16-8-9-16)17-6-4-5-7-19(17)35-24/h4-7,12,14,16,22,25,32H,3,8-11H2,1-2H3,(H,29,30)/b23-13+. The summed E-state index contributed by atoms with van der Waals surface area (Å²) < 4.78 is 39.3. The summed E-state index contributed by atoms with van der Waals surface area (Å²) in [4.78, 5) is 22.9. The average Bonchev–Trinajstić information content (AvgIpc) is 3.43. The summed E-state index contributed by atoms with van der Waals surface area (Å²) in [6.07, 6.45) is -0.00866. The summed E-state index contributed by atoms with van der Waals surface area (Å²) >= 11 is 0. The first kappa shape index (κ1) is 23.3. The molecule has 5 rings (SSSR count). The van der Waals surface area contributed by atoms with Crippen molar-refractivity contribution in [3.8, 4) is 0 Å². The Morgan fingerprint density at radius 2 is 2.09 bits per heavy atom. The van der Waals surface area contributed by atoms with Crippen molar-refractivity contribution < 1.29 is 27.8 Å². The number of aliphatic hydroxyl groups excluding tert-OH is 1. The number of ether oxygens (including phenoxy) is 1. The molecule has 7 nitrogen and oxygen atoms in total. The Bertz CT molecular complexity index is 1320. The minimum Gasteiger partial charge on any atom is -0.458 e. The lowest BCUT2D eigenvalue weighted by Crippen LogP contribution is -2.42. The molecule has 2 atom stereocenters. The number of halogens is 2. The van der Waals surface area contributed by atoms with Crippen LogP contribution in [0, 0.1) is 0 Å². The van der Waals surface area contributed by atoms with Gasteiger partial charge in [-0.25, -0.2) is 13.8 Å². The second-order valence-corrected chi connectivity index (χ2v) is 9.13. The van der Waals surface area contributed by atoms with Crippen LogP contribution in [0.2, 0.25) is 0 Å². The van der Waals surface area contributed by atoms with E-state index in [0.29, 0.717) is 29.4 Å². The molecule has 1 saturated carbocycles. The summed E-state index contributed by atoms with van der Waals surface area (Å²) in [5.41, 5.74) is 2.69. The van der Waals surface area contributed by atoms with Gasteiger partial charge in [-0.2, -0.15) is 0 Å². The number of hydrogen-bond donors (Lipinski definition) is 2. The minimum absolute atomic E-state index is 0.190. The number of H-pyrrole nitrogens is 1. The number of allylic oxidation sites excluding steroid dienone is 1. The third-order valence-electron chi connectivity index (χ3n) is 6.66. The summed E-state index contributed by atoms with van der Waals surface area (Å²) in [5, 5.41) is 10.8. The van der Waals surface area contributed by atoms with E-state index in [1.165, 1.54) is 11.8 Å². The topological polar surface area (TPSA) is 91.6 Å². The number of aliphatic hydroxyl groups is 1. The summed E-state index contributed by atoms with van der Waals surface area (Å²) in [7, 11) is 0. The molecule has 3 aromatic rings. The van der Waals surface area contributed by atoms with Crippen LogP contribution in [-0.4, -0.2) is 45.0 Å². The summed E-state index contributed by atoms with van der Waals surface area (Å²) in [6, 6.07) is 6.99. The molecule has 1 aromatic carbocycles. The molecule has 2 unspecified atom stereocenters. The summed E-state index contributed by atoms with van der Waals surface area (Å²) in [5.74, 6) is -0.563. The molecule has 1 aliphatic heterocycles. The molecule has 1 amide bonds. The molecule has 1 aliphatic carbocycles. The van der Waals surface area contributed by atoms with Crippen molar-refractivity contribution in [2.24, 2.45) is 0 Å². The molecule has 0 spiro atoms. The van der Waals surface area contributed by atoms with Gasteiger partial charge in [0.1, 0.15) is 29.2 Å². The summed E-state index contributed by atoms with van der Waals surface area (Å²) in [6.45, 7) is 6.35. The van der Waals surface area contributed by atoms with Gasteiger partial charge in [-0.15, -0.1) is 0 Å². The van der Waals surface area contributed by atoms with Crippen LogP contribution in [0.1, 0.15) is 61.4 Å². The maximum Gasteiger partial charge on any atom is 0.290 e. The highest BCUT2D eigenvalue weighted by atomic mass is 19.3. The van der Waals surface area contributed by atoms with E-state index in [0.717, 1.165) is 36.4 Å². The Hall–Kier alpha value is -3.46. The maximum atomic E-state index is 13.8. The van der Waals surface area contributed by atoms with Crippen LogP contribution in [0.15, 0.2) is 58.7 Å². The predicted molar refractivity (Wildman–Crippen MR) is 125 cm³/mol. The van der Waals surface area contributed by atoms with E-state index in [4.69, 9.17) is 9.15 Å². The maximum absolute atomic E-state index is 13.8. The number of amides is 1. The van der Waals surface area contributed by atoms with Crippen molar-refractivity contribution in [3.63, 3.8) is 0 Å². The molecule has 2 N–H and O–H groups in total. The van der Waals surface area contributed by atoms with Crippen LogP contribution < -0.4 is 0 Å². The molecule has 1 fully saturated rings. The van der Waals surface area contributed by atoms with Gasteiger partial charge in [0.05, 0.1) is 12.0 Å². The number of para-hydroxylation sites is 1. The van der Waals surface area contributed by atoms with Crippen molar-refractivity contribution in [1.29, 1.82) is 0 Å². The first-order valence-corrected chi connectivity index (χ1v) is 11.7. The van der Waals surface area contributed by atoms with Crippen LogP contribution in [-0.2, 0) is 16.0 Å². The Balaban J connectivity index is 1.64. The highest BCUT2D eigenvalue weighted by Gasteiger charge is 2.43. The van der Waals surface area contributed by atoms with Gasteiger partial charge in [-0.3, -0.25) is 4.79 Å². The molecule has 0 bridgehead atoms. The van der Waals surface area contributed by atoms with Crippen molar-refractivity contribution in [2.75, 3.05) is 6.54 Å². The molecule has 184 valence electrons. The fourth-order valence-corrected chi connectivity index (χ4v) is 4.58. The van der Waals surface area contributed by atoms with E-state index in [1.807, 2.05) is 24.3 Å². The third-order valence-corrected chi connectivity index (χ3v) is 6.66. The van der Waals surface area contributed by atoms with Crippen molar-refractivity contribution in [2.45, 2.75) is 57.6 Å². The molecular weight excluding hydrogens is 456 g/mol. The van der Waals surface area contributed by atoms with Crippen molar-refractivity contribution in [3.05, 3.63) is 77.0 Å². The highest BCUT2D eigenvalue weighted by Crippen LogP contribution is 2.50. The third kappa shape index (κ3) is 4.14. The number of aromatic amines is 1. The first-order valence-electron chi connectivity index (χ1n) is 11.7. The Morgan fingerprint density at radius 3 is 2.77 bits per heavy atom. The van der Waals surface area contributed by atoms with Gasteiger partial charge >= 0.3 is 0 Å². The number of furan rings is 1. The number of fused-ring (bicyclic) bond motifs is 2. The number of carbonyl (C=O) groups excluding carboxylic acids is 1. The number of hydrogen-bond acceptors (Lipinski definition) is 5. The van der Waals surface area contributed by atoms with E-state index in [-0.39, 0.29) is 12.3 Å². The van der Waals surface area contributed by atoms with Gasteiger partial charge in [0.2, 0.25) is 0 Å². The number of aromatic nitrogens is 2. The average molecular weight is 484 g/mol. The normalized spacial score (nSPS) is 19.5. The lowest BCUT2D eigenvalue weighted by molar-refractivity contribution is -0.133. The van der Waals surface area contributed by atoms with Gasteiger partial charge in [0, 0.05) is 35.2 Å². The van der Waals surface area contributed by atoms with E-state index < -0.39 is 35.8 Å². The Labute approximate surface area is 201 Å². The minimum atomic E-state index is -2.92. The van der Waals surface area contributed by atoms with Crippen molar-refractivity contribution in [1.82, 2.24) is 14.9 Å². The van der Waals surface area contributed by atoms with Gasteiger partial charge in [-0.05, 0) is 38.7 Å². The fourth-order valence-electron chi connectivity index (χ4n) is 4.58. The van der Waals surface area contributed by atoms with Crippen LogP contribution >= 0.6 is 0 Å². The molecule has 2 aliphatic rings. The van der Waals surface area contributed by atoms with Gasteiger partial charge in [-0.1, -0.05) is 24.8 Å². The van der Waals surface area contributed by atoms with E-state index in [2.05, 4.69) is 16.5 Å². The monoisotopic (exact) mass is 483 g/mol. The Kier molecular flexibility index (Phi) is 5.96. The lowest BCUT2D eigenvalue weighted by atomic mass is 9.94. The number of benzene rings is 1. The zero-order chi connectivity index (χ0) is 24.9. The zero-order valence-electron chi connectivity index (χ0n) is 19.6. The molecule has 9 heteroatoms. The van der Waals surface area contributed by atoms with Gasteiger partial charge in [0.15, 0.2) is 5.76 Å². The number of carbonyl (C=O) groups is 1. The Morgan fingerprint density at radius 1 is 1.34 bits per heavy atom.